The highest BCUT2D eigenvalue weighted by Gasteiger charge is 2.71. The monoisotopic (exact) mass is 474 g/mol. The van der Waals surface area contributed by atoms with Crippen LogP contribution in [0.2, 0.25) is 0 Å². The molecule has 4 nitrogen and oxygen atoms in total. The normalized spacial score (nSPS) is 54.4. The van der Waals surface area contributed by atoms with E-state index in [1.54, 1.807) is 0 Å². The summed E-state index contributed by atoms with van der Waals surface area (Å²) in [6.07, 6.45) is 9.75. The van der Waals surface area contributed by atoms with Gasteiger partial charge in [-0.3, -0.25) is 0 Å². The molecule has 0 amide bonds. The lowest BCUT2D eigenvalue weighted by molar-refractivity contribution is -0.225. The molecule has 4 heteroatoms. The van der Waals surface area contributed by atoms with Crippen LogP contribution in [0.25, 0.3) is 0 Å². The Balaban J connectivity index is 1.44. The van der Waals surface area contributed by atoms with E-state index in [0.29, 0.717) is 30.1 Å². The van der Waals surface area contributed by atoms with Gasteiger partial charge in [0.05, 0.1) is 6.10 Å². The smallest absolute Gasteiger partial charge is 0.338 e. The van der Waals surface area contributed by atoms with Crippen molar-refractivity contribution < 1.29 is 19.7 Å². The maximum Gasteiger partial charge on any atom is 0.338 e. The van der Waals surface area contributed by atoms with E-state index in [1.165, 1.54) is 19.3 Å². The largest absolute Gasteiger partial charge is 0.460 e. The highest BCUT2D eigenvalue weighted by Crippen LogP contribution is 2.76. The second-order valence-corrected chi connectivity index (χ2v) is 15.0. The minimum absolute atomic E-state index is 0.0232. The van der Waals surface area contributed by atoms with Gasteiger partial charge >= 0.3 is 5.97 Å². The molecule has 194 valence electrons. The molecule has 5 aliphatic rings. The van der Waals surface area contributed by atoms with Crippen molar-refractivity contribution in [3.05, 3.63) is 0 Å². The predicted octanol–water partition coefficient (Wildman–Crippen LogP) is 6.13. The number of esters is 1. The molecule has 4 aliphatic carbocycles. The van der Waals surface area contributed by atoms with Gasteiger partial charge in [0.25, 0.3) is 0 Å². The van der Waals surface area contributed by atoms with Crippen molar-refractivity contribution in [2.24, 2.45) is 51.2 Å². The van der Waals surface area contributed by atoms with E-state index in [2.05, 4.69) is 48.5 Å². The number of hydrogen-bond donors (Lipinski definition) is 2. The summed E-state index contributed by atoms with van der Waals surface area (Å²) in [5.41, 5.74) is -0.722. The molecule has 5 fully saturated rings. The molecular formula is C30H50O4. The SMILES string of the molecule is CC(C)C[C@H]1CC(O)([C@H]2CC[C@]3(C)[C@@H]2CC[C@@H]2[C@@]4(C)CC[C@H](O)C(C)(C)[C@@H]4CC[C@]23C)C(=O)O1. The lowest BCUT2D eigenvalue weighted by atomic mass is 9.35. The molecular weight excluding hydrogens is 424 g/mol. The van der Waals surface area contributed by atoms with E-state index in [1.807, 2.05) is 0 Å². The highest BCUT2D eigenvalue weighted by atomic mass is 16.6. The van der Waals surface area contributed by atoms with Gasteiger partial charge in [-0.1, -0.05) is 48.5 Å². The van der Waals surface area contributed by atoms with Gasteiger partial charge in [-0.15, -0.1) is 0 Å². The van der Waals surface area contributed by atoms with Gasteiger partial charge in [0.15, 0.2) is 5.60 Å². The summed E-state index contributed by atoms with van der Waals surface area (Å²) in [4.78, 5) is 13.1. The minimum Gasteiger partial charge on any atom is -0.460 e. The molecule has 1 saturated heterocycles. The van der Waals surface area contributed by atoms with Crippen LogP contribution >= 0.6 is 0 Å². The first-order chi connectivity index (χ1) is 15.7. The Kier molecular flexibility index (Phi) is 5.67. The van der Waals surface area contributed by atoms with E-state index in [-0.39, 0.29) is 45.8 Å². The number of carbonyl (C=O) groups excluding carboxylic acids is 1. The van der Waals surface area contributed by atoms with Crippen molar-refractivity contribution in [2.75, 3.05) is 0 Å². The molecule has 2 N–H and O–H groups in total. The van der Waals surface area contributed by atoms with Crippen molar-refractivity contribution in [3.8, 4) is 0 Å². The Hall–Kier alpha value is -0.610. The zero-order valence-electron chi connectivity index (χ0n) is 22.8. The maximum atomic E-state index is 13.1. The number of hydrogen-bond acceptors (Lipinski definition) is 4. The molecule has 0 bridgehead atoms. The van der Waals surface area contributed by atoms with Crippen LogP contribution in [0, 0.1) is 51.2 Å². The third kappa shape index (κ3) is 3.12. The topological polar surface area (TPSA) is 66.8 Å². The molecule has 5 rings (SSSR count). The van der Waals surface area contributed by atoms with Gasteiger partial charge in [0.2, 0.25) is 0 Å². The summed E-state index contributed by atoms with van der Waals surface area (Å²) in [5.74, 6) is 1.71. The van der Waals surface area contributed by atoms with Crippen LogP contribution in [0.5, 0.6) is 0 Å². The average Bonchev–Trinajstić information content (AvgIpc) is 3.22. The quantitative estimate of drug-likeness (QED) is 0.483. The van der Waals surface area contributed by atoms with Gasteiger partial charge in [-0.2, -0.15) is 0 Å². The summed E-state index contributed by atoms with van der Waals surface area (Å²) in [5, 5.41) is 22.7. The number of ether oxygens (including phenoxy) is 1. The molecule has 34 heavy (non-hydrogen) atoms. The zero-order valence-corrected chi connectivity index (χ0v) is 22.8. The van der Waals surface area contributed by atoms with Crippen LogP contribution in [0.3, 0.4) is 0 Å². The lowest BCUT2D eigenvalue weighted by Crippen LogP contribution is -2.64. The molecule has 0 aromatic heterocycles. The van der Waals surface area contributed by atoms with E-state index < -0.39 is 5.60 Å². The Morgan fingerprint density at radius 1 is 0.882 bits per heavy atom. The molecule has 0 radical (unpaired) electrons. The first-order valence-corrected chi connectivity index (χ1v) is 14.3. The number of carbonyl (C=O) groups is 1. The molecule has 10 atom stereocenters. The fourth-order valence-corrected chi connectivity index (χ4v) is 11.0. The van der Waals surface area contributed by atoms with E-state index in [4.69, 9.17) is 4.74 Å². The average molecular weight is 475 g/mol. The molecule has 4 saturated carbocycles. The summed E-state index contributed by atoms with van der Waals surface area (Å²) >= 11 is 0. The van der Waals surface area contributed by atoms with Gasteiger partial charge in [0, 0.05) is 12.3 Å². The van der Waals surface area contributed by atoms with Crippen LogP contribution in [0.15, 0.2) is 0 Å². The molecule has 1 aliphatic heterocycles. The standard InChI is InChI=1S/C30H50O4/c1-18(2)16-19-17-30(33,25(32)34-19)21-10-14-28(6)20(21)8-9-23-27(5)13-12-24(31)26(3,4)22(27)11-15-29(23,28)7/h18-24,31,33H,8-17H2,1-7H3/t19-,20+,21-,22-,23+,24-,27-,28+,29+,30?/m0/s1. The van der Waals surface area contributed by atoms with Crippen molar-refractivity contribution >= 4 is 5.97 Å². The predicted molar refractivity (Wildman–Crippen MR) is 134 cm³/mol. The van der Waals surface area contributed by atoms with Crippen LogP contribution in [-0.4, -0.2) is 34.0 Å². The van der Waals surface area contributed by atoms with E-state index >= 15 is 0 Å². The highest BCUT2D eigenvalue weighted by molar-refractivity contribution is 5.82. The summed E-state index contributed by atoms with van der Waals surface area (Å²) in [6, 6.07) is 0. The Bertz CT molecular complexity index is 836. The molecule has 1 unspecified atom stereocenters. The van der Waals surface area contributed by atoms with Crippen LogP contribution in [0.4, 0.5) is 0 Å². The van der Waals surface area contributed by atoms with Crippen molar-refractivity contribution in [1.82, 2.24) is 0 Å². The Morgan fingerprint density at radius 3 is 2.24 bits per heavy atom. The summed E-state index contributed by atoms with van der Waals surface area (Å²) in [7, 11) is 0. The van der Waals surface area contributed by atoms with Gasteiger partial charge < -0.3 is 14.9 Å². The summed E-state index contributed by atoms with van der Waals surface area (Å²) in [6.45, 7) is 16.5. The first kappa shape index (κ1) is 25.1. The maximum absolute atomic E-state index is 13.1. The van der Waals surface area contributed by atoms with E-state index in [9.17, 15) is 15.0 Å². The fourth-order valence-electron chi connectivity index (χ4n) is 11.0. The number of rotatable bonds is 3. The number of aliphatic hydroxyl groups is 2. The lowest BCUT2D eigenvalue weighted by Gasteiger charge is -2.70. The van der Waals surface area contributed by atoms with Crippen molar-refractivity contribution in [3.63, 3.8) is 0 Å². The molecule has 0 spiro atoms. The van der Waals surface area contributed by atoms with Crippen molar-refractivity contribution in [1.29, 1.82) is 0 Å². The van der Waals surface area contributed by atoms with Gasteiger partial charge in [0.1, 0.15) is 6.10 Å². The first-order valence-electron chi connectivity index (χ1n) is 14.3. The zero-order chi connectivity index (χ0) is 24.9. The molecule has 0 aromatic carbocycles. The van der Waals surface area contributed by atoms with E-state index in [0.717, 1.165) is 38.5 Å². The van der Waals surface area contributed by atoms with Gasteiger partial charge in [-0.25, -0.2) is 4.79 Å². The fraction of sp³-hybridized carbons (Fsp3) is 0.967. The Morgan fingerprint density at radius 2 is 1.56 bits per heavy atom. The van der Waals surface area contributed by atoms with Crippen molar-refractivity contribution in [2.45, 2.75) is 130 Å². The van der Waals surface area contributed by atoms with Crippen LogP contribution in [-0.2, 0) is 9.53 Å². The number of cyclic esters (lactones) is 1. The minimum atomic E-state index is -1.30. The molecule has 0 aromatic rings. The number of aliphatic hydroxyl groups excluding tert-OH is 1. The Labute approximate surface area is 207 Å². The summed E-state index contributed by atoms with van der Waals surface area (Å²) < 4.78 is 5.75. The second-order valence-electron chi connectivity index (χ2n) is 15.0. The molecule has 1 heterocycles. The number of fused-ring (bicyclic) bond motifs is 5. The second kappa shape index (κ2) is 7.70. The van der Waals surface area contributed by atoms with Crippen LogP contribution < -0.4 is 0 Å². The van der Waals surface area contributed by atoms with Crippen LogP contribution in [0.1, 0.15) is 113 Å². The van der Waals surface area contributed by atoms with Gasteiger partial charge in [-0.05, 0) is 103 Å². The third-order valence-corrected chi connectivity index (χ3v) is 12.9. The third-order valence-electron chi connectivity index (χ3n) is 12.9.